The zero-order chi connectivity index (χ0) is 14.1. The summed E-state index contributed by atoms with van der Waals surface area (Å²) in [6.45, 7) is 7.82. The standard InChI is InChI=1S/C14H24N4/c1-5-8-10-14(7-3,12-16)18-17-13(4,11-15)9-6-2/h5-10H2,1-4H3/b18-17+. The molecule has 0 saturated carbocycles. The molecular weight excluding hydrogens is 224 g/mol. The quantitative estimate of drug-likeness (QED) is 0.598. The molecule has 0 amide bonds. The topological polar surface area (TPSA) is 72.3 Å². The highest BCUT2D eigenvalue weighted by atomic mass is 15.2. The number of nitrogens with zero attached hydrogens (tertiary/aromatic N) is 4. The van der Waals surface area contributed by atoms with Crippen molar-refractivity contribution in [1.29, 1.82) is 10.5 Å². The molecule has 0 aliphatic heterocycles. The van der Waals surface area contributed by atoms with Crippen molar-refractivity contribution in [3.05, 3.63) is 0 Å². The first-order chi connectivity index (χ1) is 8.51. The summed E-state index contributed by atoms with van der Waals surface area (Å²) in [5, 5.41) is 26.9. The van der Waals surface area contributed by atoms with Gasteiger partial charge in [0.25, 0.3) is 0 Å². The monoisotopic (exact) mass is 248 g/mol. The highest BCUT2D eigenvalue weighted by Crippen LogP contribution is 2.26. The van der Waals surface area contributed by atoms with Crippen LogP contribution in [0.4, 0.5) is 0 Å². The minimum absolute atomic E-state index is 0.640. The summed E-state index contributed by atoms with van der Waals surface area (Å²) in [5.41, 5.74) is -1.54. The highest BCUT2D eigenvalue weighted by Gasteiger charge is 2.30. The van der Waals surface area contributed by atoms with Crippen LogP contribution in [0.5, 0.6) is 0 Å². The van der Waals surface area contributed by atoms with Gasteiger partial charge in [-0.25, -0.2) is 0 Å². The van der Waals surface area contributed by atoms with E-state index in [2.05, 4.69) is 29.3 Å². The van der Waals surface area contributed by atoms with E-state index in [1.54, 1.807) is 6.92 Å². The summed E-state index contributed by atoms with van der Waals surface area (Å²) in [7, 11) is 0. The van der Waals surface area contributed by atoms with Crippen molar-refractivity contribution >= 4 is 0 Å². The lowest BCUT2D eigenvalue weighted by atomic mass is 9.92. The van der Waals surface area contributed by atoms with Crippen molar-refractivity contribution in [2.45, 2.75) is 77.3 Å². The van der Waals surface area contributed by atoms with Crippen molar-refractivity contribution in [3.63, 3.8) is 0 Å². The molecule has 4 heteroatoms. The summed E-state index contributed by atoms with van der Waals surface area (Å²) in [6, 6.07) is 4.46. The summed E-state index contributed by atoms with van der Waals surface area (Å²) in [5.74, 6) is 0. The minimum atomic E-state index is -0.793. The third kappa shape index (κ3) is 4.84. The molecule has 0 rings (SSSR count). The van der Waals surface area contributed by atoms with Crippen LogP contribution >= 0.6 is 0 Å². The Kier molecular flexibility index (Phi) is 7.20. The van der Waals surface area contributed by atoms with Crippen LogP contribution in [-0.2, 0) is 0 Å². The van der Waals surface area contributed by atoms with Crippen LogP contribution in [0.1, 0.15) is 66.2 Å². The average molecular weight is 248 g/mol. The second kappa shape index (κ2) is 7.82. The smallest absolute Gasteiger partial charge is 0.167 e. The van der Waals surface area contributed by atoms with E-state index in [-0.39, 0.29) is 0 Å². The number of azo groups is 1. The number of rotatable bonds is 8. The maximum absolute atomic E-state index is 9.32. The molecule has 0 aromatic carbocycles. The molecule has 2 unspecified atom stereocenters. The van der Waals surface area contributed by atoms with E-state index in [4.69, 9.17) is 5.26 Å². The van der Waals surface area contributed by atoms with Crippen LogP contribution in [0.3, 0.4) is 0 Å². The van der Waals surface area contributed by atoms with Crippen molar-refractivity contribution in [2.75, 3.05) is 0 Å². The van der Waals surface area contributed by atoms with Crippen LogP contribution in [0.25, 0.3) is 0 Å². The van der Waals surface area contributed by atoms with Gasteiger partial charge in [-0.2, -0.15) is 20.8 Å². The molecule has 0 bridgehead atoms. The van der Waals surface area contributed by atoms with E-state index >= 15 is 0 Å². The molecule has 0 aromatic heterocycles. The first kappa shape index (κ1) is 16.6. The number of nitriles is 2. The van der Waals surface area contributed by atoms with Gasteiger partial charge in [0, 0.05) is 0 Å². The van der Waals surface area contributed by atoms with E-state index in [1.807, 2.05) is 13.8 Å². The summed E-state index contributed by atoms with van der Waals surface area (Å²) in [6.07, 6.45) is 4.89. The van der Waals surface area contributed by atoms with Gasteiger partial charge in [0.15, 0.2) is 11.1 Å². The predicted octanol–water partition coefficient (Wildman–Crippen LogP) is 4.38. The molecule has 18 heavy (non-hydrogen) atoms. The fraction of sp³-hybridized carbons (Fsp3) is 0.857. The van der Waals surface area contributed by atoms with E-state index in [1.165, 1.54) is 0 Å². The van der Waals surface area contributed by atoms with Gasteiger partial charge in [-0.3, -0.25) is 0 Å². The van der Waals surface area contributed by atoms with E-state index in [9.17, 15) is 5.26 Å². The minimum Gasteiger partial charge on any atom is -0.196 e. The van der Waals surface area contributed by atoms with Crippen LogP contribution < -0.4 is 0 Å². The average Bonchev–Trinajstić information content (AvgIpc) is 2.40. The molecule has 0 spiro atoms. The summed E-state index contributed by atoms with van der Waals surface area (Å²) in [4.78, 5) is 0. The fourth-order valence-corrected chi connectivity index (χ4v) is 1.75. The van der Waals surface area contributed by atoms with Crippen LogP contribution in [0, 0.1) is 22.7 Å². The lowest BCUT2D eigenvalue weighted by molar-refractivity contribution is 0.408. The van der Waals surface area contributed by atoms with Crippen molar-refractivity contribution in [1.82, 2.24) is 0 Å². The molecule has 0 N–H and O–H groups in total. The Morgan fingerprint density at radius 1 is 0.944 bits per heavy atom. The molecule has 4 nitrogen and oxygen atoms in total. The maximum Gasteiger partial charge on any atom is 0.167 e. The van der Waals surface area contributed by atoms with Gasteiger partial charge in [0.1, 0.15) is 0 Å². The SMILES string of the molecule is CCCCC(C#N)(CC)/N=N/C(C)(C#N)CCC. The molecule has 0 aliphatic carbocycles. The lowest BCUT2D eigenvalue weighted by Crippen LogP contribution is -2.25. The Morgan fingerprint density at radius 2 is 1.61 bits per heavy atom. The first-order valence-electron chi connectivity index (χ1n) is 6.78. The van der Waals surface area contributed by atoms with Crippen molar-refractivity contribution in [2.24, 2.45) is 10.2 Å². The number of hydrogen-bond acceptors (Lipinski definition) is 4. The molecule has 0 fully saturated rings. The maximum atomic E-state index is 9.32. The van der Waals surface area contributed by atoms with E-state index in [0.717, 1.165) is 19.3 Å². The van der Waals surface area contributed by atoms with Crippen LogP contribution in [0.15, 0.2) is 10.2 Å². The molecule has 0 aliphatic rings. The fourth-order valence-electron chi connectivity index (χ4n) is 1.75. The molecular formula is C14H24N4. The van der Waals surface area contributed by atoms with Gasteiger partial charge >= 0.3 is 0 Å². The normalized spacial score (nSPS) is 17.7. The Morgan fingerprint density at radius 3 is 2.00 bits per heavy atom. The van der Waals surface area contributed by atoms with Crippen molar-refractivity contribution in [3.8, 4) is 12.1 Å². The van der Waals surface area contributed by atoms with Crippen LogP contribution in [0.2, 0.25) is 0 Å². The molecule has 0 aromatic rings. The molecule has 0 radical (unpaired) electrons. The third-order valence-corrected chi connectivity index (χ3v) is 3.18. The first-order valence-corrected chi connectivity index (χ1v) is 6.78. The van der Waals surface area contributed by atoms with Crippen LogP contribution in [-0.4, -0.2) is 11.1 Å². The Labute approximate surface area is 111 Å². The number of hydrogen-bond donors (Lipinski definition) is 0. The van der Waals surface area contributed by atoms with Gasteiger partial charge in [-0.15, -0.1) is 0 Å². The molecule has 100 valence electrons. The van der Waals surface area contributed by atoms with Gasteiger partial charge in [-0.1, -0.05) is 40.0 Å². The Hall–Kier alpha value is -1.42. The lowest BCUT2D eigenvalue weighted by Gasteiger charge is -2.21. The highest BCUT2D eigenvalue weighted by molar-refractivity contribution is 5.08. The second-order valence-corrected chi connectivity index (χ2v) is 4.94. The largest absolute Gasteiger partial charge is 0.196 e. The van der Waals surface area contributed by atoms with Gasteiger partial charge < -0.3 is 0 Å². The third-order valence-electron chi connectivity index (χ3n) is 3.18. The number of unbranched alkanes of at least 4 members (excludes halogenated alkanes) is 1. The van der Waals surface area contributed by atoms with Gasteiger partial charge in [0.05, 0.1) is 12.1 Å². The molecule has 2 atom stereocenters. The summed E-state index contributed by atoms with van der Waals surface area (Å²) < 4.78 is 0. The van der Waals surface area contributed by atoms with Gasteiger partial charge in [0.2, 0.25) is 0 Å². The zero-order valence-electron chi connectivity index (χ0n) is 12.0. The summed E-state index contributed by atoms with van der Waals surface area (Å²) >= 11 is 0. The Bertz CT molecular complexity index is 350. The molecule has 0 heterocycles. The van der Waals surface area contributed by atoms with Crippen molar-refractivity contribution < 1.29 is 0 Å². The molecule has 0 saturated heterocycles. The predicted molar refractivity (Wildman–Crippen MR) is 71.9 cm³/mol. The Balaban J connectivity index is 4.98. The zero-order valence-corrected chi connectivity index (χ0v) is 12.0. The van der Waals surface area contributed by atoms with Gasteiger partial charge in [-0.05, 0) is 26.2 Å². The van der Waals surface area contributed by atoms with E-state index < -0.39 is 11.1 Å². The van der Waals surface area contributed by atoms with E-state index in [0.29, 0.717) is 19.3 Å². The second-order valence-electron chi connectivity index (χ2n) is 4.94.